The molecule has 9 nitrogen and oxygen atoms in total. The second kappa shape index (κ2) is 11.8. The summed E-state index contributed by atoms with van der Waals surface area (Å²) in [7, 11) is 1.53. The van der Waals surface area contributed by atoms with Crippen LogP contribution in [0.5, 0.6) is 5.88 Å². The van der Waals surface area contributed by atoms with Crippen LogP contribution in [-0.4, -0.2) is 56.1 Å². The van der Waals surface area contributed by atoms with E-state index in [9.17, 15) is 23.1 Å². The Morgan fingerprint density at radius 3 is 2.46 bits per heavy atom. The van der Waals surface area contributed by atoms with E-state index < -0.39 is 23.4 Å². The van der Waals surface area contributed by atoms with Gasteiger partial charge in [-0.25, -0.2) is 15.0 Å². The van der Waals surface area contributed by atoms with Gasteiger partial charge in [-0.3, -0.25) is 14.7 Å². The Morgan fingerprint density at radius 1 is 1.02 bits per heavy atom. The number of anilines is 2. The minimum absolute atomic E-state index is 0.0643. The Kier molecular flexibility index (Phi) is 8.03. The molecule has 0 amide bonds. The van der Waals surface area contributed by atoms with Crippen LogP contribution in [0.1, 0.15) is 23.9 Å². The fraction of sp³-hybridized carbons (Fsp3) is 0.242. The number of nitrogens with one attached hydrogen (secondary N) is 1. The van der Waals surface area contributed by atoms with Crippen LogP contribution in [0.2, 0.25) is 5.02 Å². The number of carbonyl (C=O) groups is 1. The summed E-state index contributed by atoms with van der Waals surface area (Å²) in [5.41, 5.74) is 4.26. The quantitative estimate of drug-likeness (QED) is 0.178. The molecule has 1 aliphatic heterocycles. The highest BCUT2D eigenvalue weighted by Crippen LogP contribution is 2.41. The molecule has 1 fully saturated rings. The Bertz CT molecular complexity index is 1980. The first-order valence-corrected chi connectivity index (χ1v) is 14.6. The topological polar surface area (TPSA) is 113 Å². The summed E-state index contributed by atoms with van der Waals surface area (Å²) in [6.45, 7) is 4.92. The van der Waals surface area contributed by atoms with E-state index in [1.165, 1.54) is 25.4 Å². The van der Waals surface area contributed by atoms with Gasteiger partial charge in [-0.05, 0) is 49.2 Å². The predicted octanol–water partition coefficient (Wildman–Crippen LogP) is 7.39. The predicted molar refractivity (Wildman–Crippen MR) is 168 cm³/mol. The van der Waals surface area contributed by atoms with Gasteiger partial charge in [0.25, 0.3) is 0 Å². The third-order valence-electron chi connectivity index (χ3n) is 8.05. The third-order valence-corrected chi connectivity index (χ3v) is 8.46. The number of halogens is 4. The number of pyridine rings is 2. The second-order valence-electron chi connectivity index (χ2n) is 11.4. The van der Waals surface area contributed by atoms with Crippen LogP contribution in [0.15, 0.2) is 66.9 Å². The van der Waals surface area contributed by atoms with Gasteiger partial charge in [0, 0.05) is 48.2 Å². The number of carboxylic acid groups (broad SMARTS) is 1. The number of hydrogen-bond acceptors (Lipinski definition) is 8. The maximum absolute atomic E-state index is 13.6. The highest BCUT2D eigenvalue weighted by molar-refractivity contribution is 6.36. The van der Waals surface area contributed by atoms with Crippen molar-refractivity contribution in [2.24, 2.45) is 5.41 Å². The number of alkyl halides is 3. The zero-order chi connectivity index (χ0) is 32.8. The smallest absolute Gasteiger partial charge is 0.451 e. The number of ether oxygens (including phenoxy) is 1. The van der Waals surface area contributed by atoms with Crippen LogP contribution < -0.4 is 10.1 Å². The second-order valence-corrected chi connectivity index (χ2v) is 11.8. The van der Waals surface area contributed by atoms with Gasteiger partial charge in [-0.2, -0.15) is 13.2 Å². The molecule has 6 rings (SSSR count). The molecule has 5 aromatic rings. The van der Waals surface area contributed by atoms with Gasteiger partial charge in [0.15, 0.2) is 5.82 Å². The minimum atomic E-state index is -4.74. The Morgan fingerprint density at radius 2 is 1.74 bits per heavy atom. The van der Waals surface area contributed by atoms with E-state index in [-0.39, 0.29) is 16.9 Å². The van der Waals surface area contributed by atoms with E-state index in [1.54, 1.807) is 19.1 Å². The van der Waals surface area contributed by atoms with Gasteiger partial charge in [0.1, 0.15) is 5.52 Å². The van der Waals surface area contributed by atoms with Crippen molar-refractivity contribution in [3.63, 3.8) is 0 Å². The molecule has 4 heterocycles. The molecular formula is C33H28ClF3N6O3. The first-order chi connectivity index (χ1) is 21.9. The molecule has 0 unspecified atom stereocenters. The molecule has 0 bridgehead atoms. The van der Waals surface area contributed by atoms with Crippen molar-refractivity contribution >= 4 is 40.1 Å². The molecule has 1 aliphatic rings. The normalized spacial score (nSPS) is 14.6. The summed E-state index contributed by atoms with van der Waals surface area (Å²) in [6.07, 6.45) is -3.27. The van der Waals surface area contributed by atoms with Crippen LogP contribution in [-0.2, 0) is 17.5 Å². The van der Waals surface area contributed by atoms with Gasteiger partial charge in [0.2, 0.25) is 11.7 Å². The summed E-state index contributed by atoms with van der Waals surface area (Å²) in [5.74, 6) is -1.74. The number of nitrogens with zero attached hydrogens (tertiary/aromatic N) is 5. The van der Waals surface area contributed by atoms with Crippen molar-refractivity contribution in [2.75, 3.05) is 25.5 Å². The zero-order valence-electron chi connectivity index (χ0n) is 25.0. The fourth-order valence-electron chi connectivity index (χ4n) is 5.65. The molecule has 0 spiro atoms. The number of likely N-dealkylation sites (tertiary alicyclic amines) is 1. The van der Waals surface area contributed by atoms with E-state index in [1.807, 2.05) is 48.2 Å². The van der Waals surface area contributed by atoms with E-state index >= 15 is 0 Å². The van der Waals surface area contributed by atoms with Gasteiger partial charge >= 0.3 is 12.1 Å². The van der Waals surface area contributed by atoms with Gasteiger partial charge < -0.3 is 15.2 Å². The Hall–Kier alpha value is -4.81. The van der Waals surface area contributed by atoms with E-state index in [2.05, 4.69) is 20.3 Å². The number of fused-ring (bicyclic) bond motifs is 1. The maximum Gasteiger partial charge on any atom is 0.451 e. The minimum Gasteiger partial charge on any atom is -0.481 e. The molecule has 236 valence electrons. The Balaban J connectivity index is 1.32. The number of benzene rings is 2. The monoisotopic (exact) mass is 648 g/mol. The maximum atomic E-state index is 13.6. The first kappa shape index (κ1) is 31.2. The van der Waals surface area contributed by atoms with Crippen LogP contribution in [0.25, 0.3) is 33.4 Å². The van der Waals surface area contributed by atoms with E-state index in [0.29, 0.717) is 53.0 Å². The molecule has 2 N–H and O–H groups in total. The lowest BCUT2D eigenvalue weighted by molar-refractivity contribution is -0.159. The standard InChI is InChI=1S/C33H28ClF3N6O3/c1-18-20(7-5-10-23(18)39-28-27-25(11-6-14-38-27)41-30(42-28)33(35,36)37)21-8-4-9-22(26(21)34)24-13-12-19(29(40-24)46-3)15-43-16-32(2,17-43)31(44)45/h4-14H,15-17H2,1-3H3,(H,44,45)(H,39,41,42). The number of aliphatic carboxylic acids is 1. The summed E-state index contributed by atoms with van der Waals surface area (Å²) in [4.78, 5) is 29.8. The zero-order valence-corrected chi connectivity index (χ0v) is 25.7. The van der Waals surface area contributed by atoms with E-state index in [0.717, 1.165) is 16.7 Å². The average Bonchev–Trinajstić information content (AvgIpc) is 3.01. The summed E-state index contributed by atoms with van der Waals surface area (Å²) in [6, 6.07) is 17.6. The highest BCUT2D eigenvalue weighted by atomic mass is 35.5. The average molecular weight is 649 g/mol. The van der Waals surface area contributed by atoms with Crippen LogP contribution in [0.3, 0.4) is 0 Å². The van der Waals surface area contributed by atoms with Crippen LogP contribution >= 0.6 is 11.6 Å². The molecular weight excluding hydrogens is 621 g/mol. The van der Waals surface area contributed by atoms with Gasteiger partial charge in [-0.1, -0.05) is 48.0 Å². The third kappa shape index (κ3) is 5.81. The molecule has 46 heavy (non-hydrogen) atoms. The van der Waals surface area contributed by atoms with Crippen molar-refractivity contribution in [1.82, 2.24) is 24.8 Å². The summed E-state index contributed by atoms with van der Waals surface area (Å²) >= 11 is 7.00. The first-order valence-electron chi connectivity index (χ1n) is 14.2. The number of carboxylic acids is 1. The van der Waals surface area contributed by atoms with Crippen molar-refractivity contribution in [1.29, 1.82) is 0 Å². The number of hydrogen-bond donors (Lipinski definition) is 2. The van der Waals surface area contributed by atoms with Gasteiger partial charge in [-0.15, -0.1) is 0 Å². The molecule has 1 saturated heterocycles. The van der Waals surface area contributed by atoms with Crippen molar-refractivity contribution in [2.45, 2.75) is 26.6 Å². The number of rotatable bonds is 8. The SMILES string of the molecule is COc1nc(-c2cccc(-c3cccc(Nc4nc(C(F)(F)F)nc5cccnc45)c3C)c2Cl)ccc1CN1CC(C)(C(=O)O)C1. The summed E-state index contributed by atoms with van der Waals surface area (Å²) in [5, 5.41) is 12.9. The number of aromatic nitrogens is 4. The lowest BCUT2D eigenvalue weighted by atomic mass is 9.82. The lowest BCUT2D eigenvalue weighted by Gasteiger charge is -2.45. The Labute approximate surface area is 267 Å². The van der Waals surface area contributed by atoms with Crippen molar-refractivity contribution in [3.05, 3.63) is 88.8 Å². The molecule has 13 heteroatoms. The molecule has 0 atom stereocenters. The van der Waals surface area contributed by atoms with Gasteiger partial charge in [0.05, 0.1) is 28.8 Å². The largest absolute Gasteiger partial charge is 0.481 e. The molecule has 2 aromatic carbocycles. The molecule has 3 aromatic heterocycles. The van der Waals surface area contributed by atoms with E-state index in [4.69, 9.17) is 21.3 Å². The fourth-order valence-corrected chi connectivity index (χ4v) is 5.98. The lowest BCUT2D eigenvalue weighted by Crippen LogP contribution is -2.58. The molecule has 0 aliphatic carbocycles. The molecule has 0 radical (unpaired) electrons. The van der Waals surface area contributed by atoms with Crippen LogP contribution in [0, 0.1) is 12.3 Å². The van der Waals surface area contributed by atoms with Crippen LogP contribution in [0.4, 0.5) is 24.7 Å². The van der Waals surface area contributed by atoms with Crippen molar-refractivity contribution in [3.8, 4) is 28.3 Å². The summed E-state index contributed by atoms with van der Waals surface area (Å²) < 4.78 is 46.4. The number of methoxy groups -OCH3 is 1. The molecule has 0 saturated carbocycles. The highest BCUT2D eigenvalue weighted by Gasteiger charge is 2.45. The van der Waals surface area contributed by atoms with Crippen molar-refractivity contribution < 1.29 is 27.8 Å².